The fourth-order valence-corrected chi connectivity index (χ4v) is 4.23. The summed E-state index contributed by atoms with van der Waals surface area (Å²) in [5, 5.41) is 5.06. The SMILES string of the molecule is CC1Cc2c(cccc2-c2cccc3c2ccc2ccccc23)C1=O. The fraction of sp³-hybridized carbons (Fsp3) is 0.125. The Morgan fingerprint density at radius 3 is 2.32 bits per heavy atom. The molecule has 0 amide bonds. The quantitative estimate of drug-likeness (QED) is 0.391. The van der Waals surface area contributed by atoms with Crippen LogP contribution in [0.3, 0.4) is 0 Å². The number of carbonyl (C=O) groups excluding carboxylic acids is 1. The Morgan fingerprint density at radius 1 is 0.680 bits per heavy atom. The maximum atomic E-state index is 12.4. The molecule has 1 atom stereocenters. The van der Waals surface area contributed by atoms with Gasteiger partial charge < -0.3 is 0 Å². The third-order valence-electron chi connectivity index (χ3n) is 5.48. The van der Waals surface area contributed by atoms with Gasteiger partial charge >= 0.3 is 0 Å². The third kappa shape index (κ3) is 2.05. The molecule has 1 aliphatic rings. The minimum Gasteiger partial charge on any atom is -0.294 e. The molecule has 0 fully saturated rings. The molecule has 0 spiro atoms. The van der Waals surface area contributed by atoms with Crippen LogP contribution in [0.15, 0.2) is 72.8 Å². The number of ketones is 1. The van der Waals surface area contributed by atoms with Gasteiger partial charge in [-0.15, -0.1) is 0 Å². The monoisotopic (exact) mass is 322 g/mol. The summed E-state index contributed by atoms with van der Waals surface area (Å²) >= 11 is 0. The van der Waals surface area contributed by atoms with E-state index in [1.807, 2.05) is 19.1 Å². The second-order valence-corrected chi connectivity index (χ2v) is 6.99. The molecule has 0 heterocycles. The fourth-order valence-electron chi connectivity index (χ4n) is 4.23. The van der Waals surface area contributed by atoms with E-state index < -0.39 is 0 Å². The van der Waals surface area contributed by atoms with Crippen molar-refractivity contribution >= 4 is 27.3 Å². The molecule has 0 bridgehead atoms. The summed E-state index contributed by atoms with van der Waals surface area (Å²) in [4.78, 5) is 12.4. The standard InChI is InChI=1S/C24H18O/c1-15-14-23-20(10-5-11-22(23)24(15)25)19-9-4-8-18-17-7-3-2-6-16(17)12-13-21(18)19/h2-13,15H,14H2,1H3. The number of hydrogen-bond acceptors (Lipinski definition) is 1. The zero-order valence-electron chi connectivity index (χ0n) is 14.1. The van der Waals surface area contributed by atoms with Crippen molar-refractivity contribution in [2.45, 2.75) is 13.3 Å². The summed E-state index contributed by atoms with van der Waals surface area (Å²) in [5.41, 5.74) is 4.54. The Bertz CT molecular complexity index is 1150. The van der Waals surface area contributed by atoms with Crippen LogP contribution in [0.2, 0.25) is 0 Å². The van der Waals surface area contributed by atoms with Crippen molar-refractivity contribution in [2.24, 2.45) is 5.92 Å². The van der Waals surface area contributed by atoms with Crippen LogP contribution in [0.5, 0.6) is 0 Å². The smallest absolute Gasteiger partial charge is 0.166 e. The second-order valence-electron chi connectivity index (χ2n) is 6.99. The maximum absolute atomic E-state index is 12.4. The predicted molar refractivity (Wildman–Crippen MR) is 104 cm³/mol. The van der Waals surface area contributed by atoms with Gasteiger partial charge in [-0.3, -0.25) is 4.79 Å². The molecule has 0 aliphatic heterocycles. The van der Waals surface area contributed by atoms with Gasteiger partial charge in [0.15, 0.2) is 5.78 Å². The lowest BCUT2D eigenvalue weighted by molar-refractivity contribution is 0.0946. The zero-order chi connectivity index (χ0) is 17.0. The molecule has 0 saturated carbocycles. The van der Waals surface area contributed by atoms with Gasteiger partial charge in [0.1, 0.15) is 0 Å². The highest BCUT2D eigenvalue weighted by Crippen LogP contribution is 2.39. The van der Waals surface area contributed by atoms with E-state index in [2.05, 4.69) is 60.7 Å². The van der Waals surface area contributed by atoms with Crippen molar-refractivity contribution in [2.75, 3.05) is 0 Å². The van der Waals surface area contributed by atoms with Gasteiger partial charge in [-0.1, -0.05) is 79.7 Å². The molecule has 0 saturated heterocycles. The van der Waals surface area contributed by atoms with Crippen molar-refractivity contribution in [1.29, 1.82) is 0 Å². The highest BCUT2D eigenvalue weighted by molar-refractivity contribution is 6.13. The first kappa shape index (κ1) is 14.4. The lowest BCUT2D eigenvalue weighted by atomic mass is 9.91. The molecule has 120 valence electrons. The van der Waals surface area contributed by atoms with Crippen LogP contribution in [0, 0.1) is 5.92 Å². The molecule has 4 aromatic carbocycles. The normalized spacial score (nSPS) is 16.5. The number of rotatable bonds is 1. The Labute approximate surface area is 146 Å². The van der Waals surface area contributed by atoms with Crippen LogP contribution in [-0.2, 0) is 6.42 Å². The van der Waals surface area contributed by atoms with Crippen LogP contribution in [0.25, 0.3) is 32.7 Å². The lowest BCUT2D eigenvalue weighted by Crippen LogP contribution is -2.02. The van der Waals surface area contributed by atoms with Crippen LogP contribution < -0.4 is 0 Å². The van der Waals surface area contributed by atoms with E-state index in [4.69, 9.17) is 0 Å². The van der Waals surface area contributed by atoms with Gasteiger partial charge in [-0.05, 0) is 44.7 Å². The van der Waals surface area contributed by atoms with E-state index in [-0.39, 0.29) is 11.7 Å². The average molecular weight is 322 g/mol. The topological polar surface area (TPSA) is 17.1 Å². The van der Waals surface area contributed by atoms with Gasteiger partial charge in [-0.2, -0.15) is 0 Å². The number of Topliss-reactive ketones (excluding diaryl/α,β-unsaturated/α-hetero) is 1. The summed E-state index contributed by atoms with van der Waals surface area (Å²) in [6.45, 7) is 2.03. The van der Waals surface area contributed by atoms with Gasteiger partial charge in [0.2, 0.25) is 0 Å². The molecule has 1 aliphatic carbocycles. The molecule has 0 radical (unpaired) electrons. The van der Waals surface area contributed by atoms with Gasteiger partial charge in [-0.25, -0.2) is 0 Å². The largest absolute Gasteiger partial charge is 0.294 e. The first-order valence-electron chi connectivity index (χ1n) is 8.81. The molecule has 4 aromatic rings. The van der Waals surface area contributed by atoms with E-state index >= 15 is 0 Å². The van der Waals surface area contributed by atoms with E-state index in [1.165, 1.54) is 38.2 Å². The molecule has 1 unspecified atom stereocenters. The number of carbonyl (C=O) groups is 1. The maximum Gasteiger partial charge on any atom is 0.166 e. The molecule has 0 aromatic heterocycles. The third-order valence-corrected chi connectivity index (χ3v) is 5.48. The first-order chi connectivity index (χ1) is 12.2. The van der Waals surface area contributed by atoms with Gasteiger partial charge in [0, 0.05) is 11.5 Å². The molecule has 0 N–H and O–H groups in total. The number of fused-ring (bicyclic) bond motifs is 4. The highest BCUT2D eigenvalue weighted by Gasteiger charge is 2.29. The molecule has 1 heteroatoms. The predicted octanol–water partition coefficient (Wildman–Crippen LogP) is 6.03. The Morgan fingerprint density at radius 2 is 1.40 bits per heavy atom. The van der Waals surface area contributed by atoms with Gasteiger partial charge in [0.05, 0.1) is 0 Å². The van der Waals surface area contributed by atoms with Crippen LogP contribution in [0.1, 0.15) is 22.8 Å². The summed E-state index contributed by atoms with van der Waals surface area (Å²) in [6.07, 6.45) is 0.842. The van der Waals surface area contributed by atoms with E-state index in [9.17, 15) is 4.79 Å². The zero-order valence-corrected chi connectivity index (χ0v) is 14.1. The van der Waals surface area contributed by atoms with Crippen molar-refractivity contribution in [3.05, 3.63) is 83.9 Å². The van der Waals surface area contributed by atoms with Crippen molar-refractivity contribution < 1.29 is 4.79 Å². The minimum absolute atomic E-state index is 0.0898. The number of benzene rings is 4. The van der Waals surface area contributed by atoms with Crippen LogP contribution in [0.4, 0.5) is 0 Å². The van der Waals surface area contributed by atoms with Crippen LogP contribution >= 0.6 is 0 Å². The van der Waals surface area contributed by atoms with E-state index in [0.717, 1.165) is 12.0 Å². The summed E-state index contributed by atoms with van der Waals surface area (Å²) in [6, 6.07) is 25.6. The average Bonchev–Trinajstić information content (AvgIpc) is 2.95. The Kier molecular flexibility index (Phi) is 3.05. The van der Waals surface area contributed by atoms with E-state index in [1.54, 1.807) is 0 Å². The van der Waals surface area contributed by atoms with Crippen molar-refractivity contribution in [3.8, 4) is 11.1 Å². The molecular weight excluding hydrogens is 304 g/mol. The molecule has 25 heavy (non-hydrogen) atoms. The van der Waals surface area contributed by atoms with Crippen molar-refractivity contribution in [3.63, 3.8) is 0 Å². The van der Waals surface area contributed by atoms with E-state index in [0.29, 0.717) is 0 Å². The lowest BCUT2D eigenvalue weighted by Gasteiger charge is -2.13. The highest BCUT2D eigenvalue weighted by atomic mass is 16.1. The summed E-state index contributed by atoms with van der Waals surface area (Å²) < 4.78 is 0. The summed E-state index contributed by atoms with van der Waals surface area (Å²) in [5.74, 6) is 0.370. The first-order valence-corrected chi connectivity index (χ1v) is 8.81. The van der Waals surface area contributed by atoms with Crippen LogP contribution in [-0.4, -0.2) is 5.78 Å². The summed E-state index contributed by atoms with van der Waals surface area (Å²) in [7, 11) is 0. The Balaban J connectivity index is 1.84. The minimum atomic E-state index is 0.0898. The Hall–Kier alpha value is -2.93. The number of hydrogen-bond donors (Lipinski definition) is 0. The molecule has 5 rings (SSSR count). The molecule has 1 nitrogen and oxygen atoms in total. The van der Waals surface area contributed by atoms with Crippen molar-refractivity contribution in [1.82, 2.24) is 0 Å². The van der Waals surface area contributed by atoms with Gasteiger partial charge in [0.25, 0.3) is 0 Å². The second kappa shape index (κ2) is 5.29. The molecular formula is C24H18O.